The van der Waals surface area contributed by atoms with Gasteiger partial charge in [0.15, 0.2) is 0 Å². The van der Waals surface area contributed by atoms with Gasteiger partial charge in [0, 0.05) is 61.9 Å². The van der Waals surface area contributed by atoms with Crippen molar-refractivity contribution in [3.8, 4) is 0 Å². The molecule has 98 heavy (non-hydrogen) atoms. The van der Waals surface area contributed by atoms with Crippen molar-refractivity contribution < 1.29 is 70.7 Å². The zero-order valence-electron chi connectivity index (χ0n) is 60.0. The number of nitrogens with zero attached hydrogens (tertiary/aromatic N) is 8. The Morgan fingerprint density at radius 3 is 1.85 bits per heavy atom. The lowest BCUT2D eigenvalue weighted by molar-refractivity contribution is -0.160. The van der Waals surface area contributed by atoms with Crippen molar-refractivity contribution in [1.29, 1.82) is 0 Å². The van der Waals surface area contributed by atoms with E-state index < -0.39 is 172 Å². The molecule has 2 saturated carbocycles. The maximum absolute atomic E-state index is 15.3. The summed E-state index contributed by atoms with van der Waals surface area (Å²) >= 11 is 6.10. The second-order valence-corrected chi connectivity index (χ2v) is 29.4. The molecule has 3 aliphatic heterocycles. The van der Waals surface area contributed by atoms with Crippen molar-refractivity contribution in [3.05, 3.63) is 34.3 Å². The van der Waals surface area contributed by atoms with Crippen molar-refractivity contribution in [2.24, 2.45) is 23.7 Å². The second kappa shape index (κ2) is 34.8. The van der Waals surface area contributed by atoms with E-state index >= 15 is 9.59 Å². The molecule has 548 valence electrons. The lowest BCUT2D eigenvalue weighted by Crippen LogP contribution is -2.65. The second-order valence-electron chi connectivity index (χ2n) is 29.0. The number of halogens is 4. The molecule has 1 unspecified atom stereocenters. The van der Waals surface area contributed by atoms with Gasteiger partial charge in [-0.15, -0.1) is 0 Å². The van der Waals surface area contributed by atoms with Gasteiger partial charge >= 0.3 is 6.18 Å². The first-order valence-corrected chi connectivity index (χ1v) is 35.6. The molecule has 1 spiro atoms. The summed E-state index contributed by atoms with van der Waals surface area (Å²) in [7, 11) is 8.51. The Kier molecular flexibility index (Phi) is 28.4. The van der Waals surface area contributed by atoms with Crippen LogP contribution in [0.1, 0.15) is 182 Å². The molecule has 6 rings (SSSR count). The van der Waals surface area contributed by atoms with Crippen LogP contribution in [0.25, 0.3) is 0 Å². The topological polar surface area (TPSA) is 279 Å². The quantitative estimate of drug-likeness (QED) is 0.213. The van der Waals surface area contributed by atoms with E-state index in [1.54, 1.807) is 25.7 Å². The molecule has 28 heteroatoms. The number of likely N-dealkylation sites (tertiary alicyclic amines) is 1. The van der Waals surface area contributed by atoms with Crippen LogP contribution < -0.4 is 21.3 Å². The molecule has 3 heterocycles. The smallest absolute Gasteiger partial charge is 0.343 e. The molecular weight excluding hydrogens is 1290 g/mol. The highest BCUT2D eigenvalue weighted by Gasteiger charge is 2.50. The van der Waals surface area contributed by atoms with Crippen LogP contribution >= 0.6 is 11.6 Å². The Labute approximate surface area is 581 Å². The zero-order chi connectivity index (χ0) is 73.0. The third-order valence-corrected chi connectivity index (χ3v) is 21.4. The first kappa shape index (κ1) is 79.9. The van der Waals surface area contributed by atoms with Crippen LogP contribution in [0.2, 0.25) is 5.02 Å². The van der Waals surface area contributed by atoms with Crippen LogP contribution in [0.3, 0.4) is 0 Å². The third kappa shape index (κ3) is 19.5. The van der Waals surface area contributed by atoms with E-state index in [4.69, 9.17) is 11.6 Å². The van der Waals surface area contributed by atoms with Crippen molar-refractivity contribution in [3.63, 3.8) is 0 Å². The van der Waals surface area contributed by atoms with Crippen molar-refractivity contribution >= 4 is 82.5 Å². The summed E-state index contributed by atoms with van der Waals surface area (Å²) in [6.45, 7) is 13.9. The fourth-order valence-corrected chi connectivity index (χ4v) is 14.7. The highest BCUT2D eigenvalue weighted by molar-refractivity contribution is 6.31. The van der Waals surface area contributed by atoms with E-state index in [2.05, 4.69) is 21.3 Å². The van der Waals surface area contributed by atoms with Crippen LogP contribution in [0.5, 0.6) is 0 Å². The van der Waals surface area contributed by atoms with E-state index in [1.807, 2.05) is 20.8 Å². The number of carbonyl (C=O) groups excluding carboxylic acids is 12. The predicted molar refractivity (Wildman–Crippen MR) is 362 cm³/mol. The molecule has 0 bridgehead atoms. The molecule has 0 radical (unpaired) electrons. The summed E-state index contributed by atoms with van der Waals surface area (Å²) in [6, 6.07) is -8.23. The number of rotatable bonds is 11. The fourth-order valence-electron chi connectivity index (χ4n) is 14.4. The van der Waals surface area contributed by atoms with Crippen LogP contribution in [-0.2, 0) is 70.1 Å². The number of alkyl halides is 3. The molecule has 2 aliphatic carbocycles. The summed E-state index contributed by atoms with van der Waals surface area (Å²) in [4.78, 5) is 188. The highest BCUT2D eigenvalue weighted by Crippen LogP contribution is 2.37. The summed E-state index contributed by atoms with van der Waals surface area (Å²) in [5, 5.41) is 10.5. The number of hydrogen-bond acceptors (Lipinski definition) is 12. The standard InChI is InChI=1S/C70H108ClF3N12O12/c1-15-43(6)57-66(96)80(10)45(8)62(92)86-35-30-51(86)64(94)82(12)53(38-46-24-18-16-19-25-46)63(93)79(9)40-55(87)76-50(29-27-47-26-28-48(49(71)37-47)70(72,73)74)60(90)75-44(7)59(89)78-69(31-20-21-32-69)68(98)84(14)58(42(4)5)67(97)83(13)54(65(95)85-33-22-17-23-34-85)39-56(88)81(11)52(36-41(2)3)61(91)77-57/h26,28,37,41-46,50-54,57-58H,15-25,27,29-36,38-40H2,1-14H3,(H,75,90)(H,76,87)(H,77,91)(H,78,89)/t43-,44+,45-,50-,51?,52-,53-,54-,57-,58-/m0/s1. The van der Waals surface area contributed by atoms with Gasteiger partial charge in [-0.1, -0.05) is 111 Å². The summed E-state index contributed by atoms with van der Waals surface area (Å²) in [6.07, 6.45) is 3.06. The average Bonchev–Trinajstić information content (AvgIpc) is 0.843. The monoisotopic (exact) mass is 1400 g/mol. The SMILES string of the molecule is CC[C@H](C)[C@@H]1NC(=O)[C@H](CC(C)C)N(C)C(=O)C[C@@H](C(=O)N2CCCCC2)N(C)C(=O)[C@H](C(C)C)N(C)C(=O)C2(CCCC2)NC(=O)[C@@H](C)NC(=O)[C@H](CCc2ccc(C(F)(F)F)c(Cl)c2)NC(=O)CN(C)C(=O)[C@H](CC2CCCCC2)N(C)C(=O)C2CCN2C(=O)[C@H](C)N(C)C1=O. The van der Waals surface area contributed by atoms with Crippen molar-refractivity contribution in [2.75, 3.05) is 68.5 Å². The molecule has 5 aliphatic rings. The molecule has 12 amide bonds. The van der Waals surface area contributed by atoms with Gasteiger partial charge in [-0.2, -0.15) is 13.2 Å². The number of hydrogen-bond donors (Lipinski definition) is 4. The maximum atomic E-state index is 15.3. The highest BCUT2D eigenvalue weighted by atomic mass is 35.5. The van der Waals surface area contributed by atoms with Crippen LogP contribution in [-0.4, -0.2) is 238 Å². The largest absolute Gasteiger partial charge is 0.417 e. The number of carbonyl (C=O) groups is 12. The Bertz CT molecular complexity index is 3060. The predicted octanol–water partition coefficient (Wildman–Crippen LogP) is 5.54. The minimum Gasteiger partial charge on any atom is -0.343 e. The van der Waals surface area contributed by atoms with Crippen LogP contribution in [0.15, 0.2) is 18.2 Å². The minimum atomic E-state index is -4.76. The fraction of sp³-hybridized carbons (Fsp3) is 0.743. The third-order valence-electron chi connectivity index (χ3n) is 21.1. The summed E-state index contributed by atoms with van der Waals surface area (Å²) in [5.74, 6) is -9.37. The van der Waals surface area contributed by atoms with Gasteiger partial charge in [0.2, 0.25) is 70.9 Å². The Morgan fingerprint density at radius 2 is 1.29 bits per heavy atom. The molecule has 24 nitrogen and oxygen atoms in total. The molecule has 5 fully saturated rings. The zero-order valence-corrected chi connectivity index (χ0v) is 60.7. The molecule has 3 saturated heterocycles. The van der Waals surface area contributed by atoms with Crippen LogP contribution in [0, 0.1) is 23.7 Å². The lowest BCUT2D eigenvalue weighted by atomic mass is 9.84. The van der Waals surface area contributed by atoms with E-state index in [1.165, 1.54) is 91.6 Å². The van der Waals surface area contributed by atoms with Gasteiger partial charge in [0.1, 0.15) is 59.9 Å². The molecule has 0 aromatic heterocycles. The van der Waals surface area contributed by atoms with E-state index in [9.17, 15) is 61.1 Å². The number of aryl methyl sites for hydroxylation is 1. The van der Waals surface area contributed by atoms with Crippen LogP contribution in [0.4, 0.5) is 13.2 Å². The number of piperidine rings is 1. The van der Waals surface area contributed by atoms with E-state index in [-0.39, 0.29) is 68.9 Å². The Balaban J connectivity index is 1.41. The average molecular weight is 1400 g/mol. The normalized spacial score (nSPS) is 27.5. The molecule has 1 aromatic carbocycles. The Morgan fingerprint density at radius 1 is 0.663 bits per heavy atom. The number of benzene rings is 1. The van der Waals surface area contributed by atoms with Gasteiger partial charge in [-0.3, -0.25) is 57.5 Å². The Hall–Kier alpha value is -7.06. The summed E-state index contributed by atoms with van der Waals surface area (Å²) in [5.41, 5.74) is -2.42. The molecule has 10 atom stereocenters. The first-order valence-electron chi connectivity index (χ1n) is 35.2. The number of fused-ring (bicyclic) bond motifs is 1. The molecular formula is C70H108ClF3N12O12. The minimum absolute atomic E-state index is 0.0179. The molecule has 1 aromatic rings. The van der Waals surface area contributed by atoms with Crippen molar-refractivity contribution in [2.45, 2.75) is 243 Å². The number of amides is 12. The van der Waals surface area contributed by atoms with E-state index in [0.29, 0.717) is 45.2 Å². The van der Waals surface area contributed by atoms with Gasteiger partial charge in [-0.25, -0.2) is 0 Å². The number of nitrogens with one attached hydrogen (secondary N) is 4. The van der Waals surface area contributed by atoms with Gasteiger partial charge in [0.25, 0.3) is 0 Å². The maximum Gasteiger partial charge on any atom is 0.417 e. The van der Waals surface area contributed by atoms with Gasteiger partial charge in [0.05, 0.1) is 23.6 Å². The number of likely N-dealkylation sites (N-methyl/N-ethyl adjacent to an activating group) is 6. The van der Waals surface area contributed by atoms with Gasteiger partial charge < -0.3 is 60.5 Å². The van der Waals surface area contributed by atoms with Crippen molar-refractivity contribution in [1.82, 2.24) is 60.5 Å². The summed E-state index contributed by atoms with van der Waals surface area (Å²) < 4.78 is 41.3. The lowest BCUT2D eigenvalue weighted by Gasteiger charge is -2.45. The molecule has 4 N–H and O–H groups in total. The van der Waals surface area contributed by atoms with Gasteiger partial charge in [-0.05, 0) is 119 Å². The first-order chi connectivity index (χ1) is 46.0. The van der Waals surface area contributed by atoms with E-state index in [0.717, 1.165) is 55.6 Å².